The smallest absolute Gasteiger partial charge is 0.156 e. The summed E-state index contributed by atoms with van der Waals surface area (Å²) in [6, 6.07) is 0. The summed E-state index contributed by atoms with van der Waals surface area (Å²) < 4.78 is 0. The van der Waals surface area contributed by atoms with Gasteiger partial charge in [0.05, 0.1) is 10.4 Å². The second kappa shape index (κ2) is 4.35. The molecule has 0 amide bonds. The molecule has 0 radical (unpaired) electrons. The minimum Gasteiger partial charge on any atom is -0.156 e. The third-order valence-electron chi connectivity index (χ3n) is 0.607. The van der Waals surface area contributed by atoms with E-state index >= 15 is 0 Å². The molecule has 10 heavy (non-hydrogen) atoms. The number of hydrogen-bond donors (Lipinski definition) is 2. The molecule has 8 nitrogen and oxygen atoms in total. The van der Waals surface area contributed by atoms with Crippen LogP contribution in [0.15, 0.2) is 31.1 Å². The van der Waals surface area contributed by atoms with Crippen molar-refractivity contribution in [2.45, 2.75) is 0 Å². The zero-order chi connectivity index (χ0) is 7.07. The molecule has 0 aliphatic carbocycles. The standard InChI is InChI=1S/2CH2N4/c2*1-2-4-5-3-1/h2*1H,(H,2,3,4,5)/p+2. The maximum Gasteiger partial charge on any atom is 0.236 e. The SMILES string of the molecule is C1=NN=N[NH2+]1.C1=NN=N[NH2+]1. The molecule has 4 N–H and O–H groups in total. The minimum atomic E-state index is 1.53. The molecule has 0 aromatic rings. The Bertz CT molecular complexity index is 145. The third kappa shape index (κ3) is 2.69. The minimum absolute atomic E-state index is 1.53. The lowest BCUT2D eigenvalue weighted by molar-refractivity contribution is -0.538. The molecular formula is C2H6N8+2. The first kappa shape index (κ1) is 6.58. The number of nitrogens with two attached hydrogens (primary N) is 2. The van der Waals surface area contributed by atoms with E-state index in [-0.39, 0.29) is 0 Å². The molecule has 0 bridgehead atoms. The molecule has 0 saturated carbocycles. The first-order valence-electron chi connectivity index (χ1n) is 2.50. The summed E-state index contributed by atoms with van der Waals surface area (Å²) in [5.74, 6) is 0. The summed E-state index contributed by atoms with van der Waals surface area (Å²) in [5.41, 5.74) is 3.06. The Hall–Kier alpha value is -1.54. The van der Waals surface area contributed by atoms with Crippen LogP contribution in [0.5, 0.6) is 0 Å². The van der Waals surface area contributed by atoms with Gasteiger partial charge in [0, 0.05) is 10.4 Å². The summed E-state index contributed by atoms with van der Waals surface area (Å²) >= 11 is 0. The lowest BCUT2D eigenvalue weighted by Crippen LogP contribution is -2.74. The summed E-state index contributed by atoms with van der Waals surface area (Å²) in [6.45, 7) is 0. The van der Waals surface area contributed by atoms with Gasteiger partial charge in [-0.05, 0) is 0 Å². The van der Waals surface area contributed by atoms with E-state index in [1.54, 1.807) is 0 Å². The highest BCUT2D eigenvalue weighted by Gasteiger charge is 1.80. The van der Waals surface area contributed by atoms with Crippen LogP contribution < -0.4 is 10.9 Å². The average molecular weight is 142 g/mol. The molecule has 0 unspecified atom stereocenters. The number of hydrogen-bond acceptors (Lipinski definition) is 6. The Kier molecular flexibility index (Phi) is 2.86. The maximum absolute atomic E-state index is 3.36. The lowest BCUT2D eigenvalue weighted by Gasteiger charge is -1.52. The van der Waals surface area contributed by atoms with E-state index in [0.29, 0.717) is 0 Å². The van der Waals surface area contributed by atoms with Gasteiger partial charge in [-0.2, -0.15) is 10.9 Å². The van der Waals surface area contributed by atoms with Crippen molar-refractivity contribution in [3.05, 3.63) is 0 Å². The Labute approximate surface area is 55.8 Å². The number of nitrogens with zero attached hydrogens (tertiary/aromatic N) is 6. The van der Waals surface area contributed by atoms with Gasteiger partial charge in [0.15, 0.2) is 0 Å². The number of quaternary nitrogens is 2. The fourth-order valence-corrected chi connectivity index (χ4v) is 0.298. The molecule has 0 saturated heterocycles. The van der Waals surface area contributed by atoms with Crippen LogP contribution in [0, 0.1) is 0 Å². The molecular weight excluding hydrogens is 136 g/mol. The van der Waals surface area contributed by atoms with E-state index in [1.165, 1.54) is 23.5 Å². The topological polar surface area (TPSA) is 107 Å². The summed E-state index contributed by atoms with van der Waals surface area (Å²) in [6.07, 6.45) is 3.06. The first-order chi connectivity index (χ1) is 5.00. The molecule has 0 fully saturated rings. The molecule has 0 spiro atoms. The van der Waals surface area contributed by atoms with E-state index < -0.39 is 0 Å². The molecule has 2 aliphatic rings. The van der Waals surface area contributed by atoms with Gasteiger partial charge in [-0.3, -0.25) is 0 Å². The van der Waals surface area contributed by atoms with E-state index in [4.69, 9.17) is 0 Å². The molecule has 2 aliphatic heterocycles. The molecule has 0 atom stereocenters. The van der Waals surface area contributed by atoms with Crippen LogP contribution in [0.1, 0.15) is 0 Å². The van der Waals surface area contributed by atoms with Crippen molar-refractivity contribution in [2.24, 2.45) is 31.1 Å². The Morgan fingerprint density at radius 1 is 0.800 bits per heavy atom. The monoisotopic (exact) mass is 142 g/mol. The second-order valence-electron chi connectivity index (χ2n) is 1.24. The summed E-state index contributed by atoms with van der Waals surface area (Å²) in [4.78, 5) is 0. The highest BCUT2D eigenvalue weighted by Crippen LogP contribution is 1.65. The van der Waals surface area contributed by atoms with Crippen LogP contribution in [-0.4, -0.2) is 12.7 Å². The van der Waals surface area contributed by atoms with Crippen molar-refractivity contribution >= 4 is 12.7 Å². The fourth-order valence-electron chi connectivity index (χ4n) is 0.298. The van der Waals surface area contributed by atoms with Gasteiger partial charge in [-0.15, -0.1) is 0 Å². The third-order valence-corrected chi connectivity index (χ3v) is 0.607. The van der Waals surface area contributed by atoms with Crippen molar-refractivity contribution < 1.29 is 10.9 Å². The second-order valence-corrected chi connectivity index (χ2v) is 1.24. The van der Waals surface area contributed by atoms with Crippen LogP contribution in [-0.2, 0) is 0 Å². The lowest BCUT2D eigenvalue weighted by atomic mass is 11.4. The summed E-state index contributed by atoms with van der Waals surface area (Å²) in [5, 5.41) is 19.9. The molecule has 2 rings (SSSR count). The van der Waals surface area contributed by atoms with Gasteiger partial charge in [0.2, 0.25) is 12.7 Å². The van der Waals surface area contributed by atoms with Gasteiger partial charge < -0.3 is 0 Å². The average Bonchev–Trinajstić information content (AvgIpc) is 2.67. The van der Waals surface area contributed by atoms with Gasteiger partial charge >= 0.3 is 0 Å². The highest BCUT2D eigenvalue weighted by atomic mass is 15.6. The highest BCUT2D eigenvalue weighted by molar-refractivity contribution is 5.41. The van der Waals surface area contributed by atoms with Crippen LogP contribution in [0.2, 0.25) is 0 Å². The van der Waals surface area contributed by atoms with Crippen molar-refractivity contribution in [1.82, 2.24) is 0 Å². The van der Waals surface area contributed by atoms with E-state index in [0.717, 1.165) is 0 Å². The zero-order valence-corrected chi connectivity index (χ0v) is 4.99. The van der Waals surface area contributed by atoms with Gasteiger partial charge in [-0.1, -0.05) is 10.2 Å². The zero-order valence-electron chi connectivity index (χ0n) is 4.99. The normalized spacial score (nSPS) is 17.6. The Morgan fingerprint density at radius 3 is 1.40 bits per heavy atom. The number of rotatable bonds is 0. The first-order valence-corrected chi connectivity index (χ1v) is 2.50. The van der Waals surface area contributed by atoms with Crippen LogP contribution in [0.25, 0.3) is 0 Å². The molecule has 0 aromatic carbocycles. The van der Waals surface area contributed by atoms with Gasteiger partial charge in [-0.25, -0.2) is 0 Å². The van der Waals surface area contributed by atoms with Crippen LogP contribution >= 0.6 is 0 Å². The van der Waals surface area contributed by atoms with Crippen molar-refractivity contribution in [3.63, 3.8) is 0 Å². The van der Waals surface area contributed by atoms with Crippen molar-refractivity contribution in [1.29, 1.82) is 0 Å². The molecule has 52 valence electrons. The Morgan fingerprint density at radius 2 is 1.30 bits per heavy atom. The van der Waals surface area contributed by atoms with Crippen molar-refractivity contribution in [3.8, 4) is 0 Å². The van der Waals surface area contributed by atoms with Crippen molar-refractivity contribution in [2.75, 3.05) is 0 Å². The largest absolute Gasteiger partial charge is 0.236 e. The van der Waals surface area contributed by atoms with E-state index in [1.807, 2.05) is 0 Å². The van der Waals surface area contributed by atoms with Gasteiger partial charge in [0.25, 0.3) is 0 Å². The van der Waals surface area contributed by atoms with Crippen LogP contribution in [0.3, 0.4) is 0 Å². The molecule has 8 heteroatoms. The quantitative estimate of drug-likeness (QED) is 0.356. The predicted molar refractivity (Wildman–Crippen MR) is 30.5 cm³/mol. The van der Waals surface area contributed by atoms with Crippen LogP contribution in [0.4, 0.5) is 0 Å². The molecule has 2 heterocycles. The summed E-state index contributed by atoms with van der Waals surface area (Å²) in [7, 11) is 0. The predicted octanol–water partition coefficient (Wildman–Crippen LogP) is -2.25. The van der Waals surface area contributed by atoms with E-state index in [2.05, 4.69) is 31.1 Å². The molecule has 0 aromatic heterocycles. The fraction of sp³-hybridized carbons (Fsp3) is 0. The van der Waals surface area contributed by atoms with E-state index in [9.17, 15) is 0 Å². The Balaban J connectivity index is 0.0000001000. The maximum atomic E-state index is 3.36. The van der Waals surface area contributed by atoms with Gasteiger partial charge in [0.1, 0.15) is 0 Å².